The van der Waals surface area contributed by atoms with Crippen LogP contribution in [0.1, 0.15) is 45.8 Å². The van der Waals surface area contributed by atoms with Crippen LogP contribution in [0.5, 0.6) is 0 Å². The van der Waals surface area contributed by atoms with E-state index in [4.69, 9.17) is 9.72 Å². The van der Waals surface area contributed by atoms with Crippen LogP contribution >= 0.6 is 11.3 Å². The van der Waals surface area contributed by atoms with Gasteiger partial charge in [0.15, 0.2) is 0 Å². The Morgan fingerprint density at radius 3 is 2.94 bits per heavy atom. The average Bonchev–Trinajstić information content (AvgIpc) is 3.49. The standard InChI is InChI=1S/C25H24N4O2S/c30-25(27-15-21-5-2-10-31-21)19-4-1-3-17(11-19)14-24-26-9-8-20(29-24)12-18-6-7-22-23(13-18)32-16-28-22/h1,3-4,6-9,11,13,16,21H,2,5,10,12,14-15H2,(H,27,30)/t21-/m0/s1. The first kappa shape index (κ1) is 20.7. The van der Waals surface area contributed by atoms with E-state index in [1.54, 1.807) is 17.5 Å². The summed E-state index contributed by atoms with van der Waals surface area (Å²) in [5.41, 5.74) is 6.74. The van der Waals surface area contributed by atoms with E-state index in [0.717, 1.165) is 48.5 Å². The van der Waals surface area contributed by atoms with Gasteiger partial charge in [-0.1, -0.05) is 18.2 Å². The van der Waals surface area contributed by atoms with Crippen LogP contribution < -0.4 is 5.32 Å². The van der Waals surface area contributed by atoms with E-state index >= 15 is 0 Å². The van der Waals surface area contributed by atoms with Crippen LogP contribution in [0.2, 0.25) is 0 Å². The van der Waals surface area contributed by atoms with E-state index in [0.29, 0.717) is 18.5 Å². The molecule has 0 aliphatic carbocycles. The zero-order valence-electron chi connectivity index (χ0n) is 17.7. The molecule has 0 spiro atoms. The minimum absolute atomic E-state index is 0.0736. The predicted molar refractivity (Wildman–Crippen MR) is 125 cm³/mol. The van der Waals surface area contributed by atoms with Crippen LogP contribution in [-0.2, 0) is 17.6 Å². The number of carbonyl (C=O) groups is 1. The number of thiazole rings is 1. The van der Waals surface area contributed by atoms with Gasteiger partial charge in [-0.2, -0.15) is 0 Å². The molecule has 1 atom stereocenters. The molecule has 1 saturated heterocycles. The lowest BCUT2D eigenvalue weighted by Crippen LogP contribution is -2.31. The molecular formula is C25H24N4O2S. The van der Waals surface area contributed by atoms with E-state index in [1.165, 1.54) is 10.3 Å². The van der Waals surface area contributed by atoms with Crippen LogP contribution in [0.15, 0.2) is 60.2 Å². The predicted octanol–water partition coefficient (Wildman–Crippen LogP) is 4.18. The van der Waals surface area contributed by atoms with Crippen molar-refractivity contribution >= 4 is 27.5 Å². The van der Waals surface area contributed by atoms with Crippen molar-refractivity contribution in [1.82, 2.24) is 20.3 Å². The lowest BCUT2D eigenvalue weighted by Gasteiger charge is -2.11. The van der Waals surface area contributed by atoms with E-state index in [-0.39, 0.29) is 12.0 Å². The smallest absolute Gasteiger partial charge is 0.251 e. The zero-order chi connectivity index (χ0) is 21.8. The molecule has 0 unspecified atom stereocenters. The second kappa shape index (κ2) is 9.54. The summed E-state index contributed by atoms with van der Waals surface area (Å²) >= 11 is 1.65. The molecule has 7 heteroatoms. The van der Waals surface area contributed by atoms with Crippen LogP contribution in [0.4, 0.5) is 0 Å². The molecule has 1 amide bonds. The third-order valence-electron chi connectivity index (χ3n) is 5.61. The van der Waals surface area contributed by atoms with Gasteiger partial charge in [-0.25, -0.2) is 15.0 Å². The molecule has 2 aromatic heterocycles. The first-order valence-corrected chi connectivity index (χ1v) is 11.7. The quantitative estimate of drug-likeness (QED) is 0.463. The van der Waals surface area contributed by atoms with Crippen molar-refractivity contribution in [2.75, 3.05) is 13.2 Å². The van der Waals surface area contributed by atoms with Crippen molar-refractivity contribution in [1.29, 1.82) is 0 Å². The van der Waals surface area contributed by atoms with Gasteiger partial charge in [0, 0.05) is 43.4 Å². The van der Waals surface area contributed by atoms with E-state index in [1.807, 2.05) is 35.8 Å². The molecule has 4 aromatic rings. The van der Waals surface area contributed by atoms with Crippen molar-refractivity contribution < 1.29 is 9.53 Å². The number of aromatic nitrogens is 3. The number of fused-ring (bicyclic) bond motifs is 1. The number of carbonyl (C=O) groups excluding carboxylic acids is 1. The van der Waals surface area contributed by atoms with Gasteiger partial charge < -0.3 is 10.1 Å². The van der Waals surface area contributed by atoms with Gasteiger partial charge in [-0.05, 0) is 54.3 Å². The van der Waals surface area contributed by atoms with Gasteiger partial charge in [0.25, 0.3) is 5.91 Å². The fourth-order valence-electron chi connectivity index (χ4n) is 3.96. The van der Waals surface area contributed by atoms with Crippen molar-refractivity contribution in [3.05, 3.63) is 88.4 Å². The summed E-state index contributed by atoms with van der Waals surface area (Å²) in [6.07, 6.45) is 5.33. The molecular weight excluding hydrogens is 420 g/mol. The Kier molecular flexibility index (Phi) is 6.18. The molecule has 1 aliphatic rings. The summed E-state index contributed by atoms with van der Waals surface area (Å²) in [6.45, 7) is 1.34. The SMILES string of the molecule is O=C(NC[C@@H]1CCCO1)c1cccc(Cc2nccc(Cc3ccc4ncsc4c3)n2)c1. The fourth-order valence-corrected chi connectivity index (χ4v) is 4.70. The molecule has 1 fully saturated rings. The van der Waals surface area contributed by atoms with Crippen LogP contribution in [0.3, 0.4) is 0 Å². The van der Waals surface area contributed by atoms with E-state index in [9.17, 15) is 4.79 Å². The lowest BCUT2D eigenvalue weighted by molar-refractivity contribution is 0.0857. The summed E-state index contributed by atoms with van der Waals surface area (Å²) in [5, 5.41) is 2.98. The first-order valence-electron chi connectivity index (χ1n) is 10.8. The molecule has 3 heterocycles. The summed E-state index contributed by atoms with van der Waals surface area (Å²) in [5.74, 6) is 0.675. The van der Waals surface area contributed by atoms with Gasteiger partial charge in [-0.3, -0.25) is 4.79 Å². The number of nitrogens with zero attached hydrogens (tertiary/aromatic N) is 3. The largest absolute Gasteiger partial charge is 0.376 e. The van der Waals surface area contributed by atoms with Gasteiger partial charge in [0.1, 0.15) is 5.82 Å². The summed E-state index contributed by atoms with van der Waals surface area (Å²) in [7, 11) is 0. The molecule has 0 saturated carbocycles. The number of hydrogen-bond acceptors (Lipinski definition) is 6. The van der Waals surface area contributed by atoms with Crippen molar-refractivity contribution in [3.63, 3.8) is 0 Å². The zero-order valence-corrected chi connectivity index (χ0v) is 18.5. The maximum absolute atomic E-state index is 12.5. The van der Waals surface area contributed by atoms with Crippen molar-refractivity contribution in [2.45, 2.75) is 31.8 Å². The minimum Gasteiger partial charge on any atom is -0.376 e. The van der Waals surface area contributed by atoms with Gasteiger partial charge in [0.05, 0.1) is 21.8 Å². The second-order valence-corrected chi connectivity index (χ2v) is 8.90. The average molecular weight is 445 g/mol. The summed E-state index contributed by atoms with van der Waals surface area (Å²) in [4.78, 5) is 26.1. The highest BCUT2D eigenvalue weighted by Gasteiger charge is 2.17. The van der Waals surface area contributed by atoms with Gasteiger partial charge >= 0.3 is 0 Å². The minimum atomic E-state index is -0.0736. The number of amides is 1. The monoisotopic (exact) mass is 444 g/mol. The maximum atomic E-state index is 12.5. The first-order chi connectivity index (χ1) is 15.7. The fraction of sp³-hybridized carbons (Fsp3) is 0.280. The highest BCUT2D eigenvalue weighted by molar-refractivity contribution is 7.16. The summed E-state index contributed by atoms with van der Waals surface area (Å²) < 4.78 is 6.77. The third kappa shape index (κ3) is 5.00. The Labute approximate surface area is 190 Å². The molecule has 0 bridgehead atoms. The molecule has 1 aliphatic heterocycles. The molecule has 2 aromatic carbocycles. The Bertz CT molecular complexity index is 1230. The van der Waals surface area contributed by atoms with Crippen LogP contribution in [-0.4, -0.2) is 40.1 Å². The van der Waals surface area contributed by atoms with E-state index in [2.05, 4.69) is 33.5 Å². The Morgan fingerprint density at radius 1 is 1.09 bits per heavy atom. The number of rotatable bonds is 7. The Balaban J connectivity index is 1.24. The normalized spacial score (nSPS) is 15.8. The van der Waals surface area contributed by atoms with Crippen molar-refractivity contribution in [3.8, 4) is 0 Å². The molecule has 32 heavy (non-hydrogen) atoms. The lowest BCUT2D eigenvalue weighted by atomic mass is 10.1. The Morgan fingerprint density at radius 2 is 2.03 bits per heavy atom. The highest BCUT2D eigenvalue weighted by atomic mass is 32.1. The maximum Gasteiger partial charge on any atom is 0.251 e. The van der Waals surface area contributed by atoms with Gasteiger partial charge in [0.2, 0.25) is 0 Å². The number of benzene rings is 2. The third-order valence-corrected chi connectivity index (χ3v) is 6.40. The molecule has 0 radical (unpaired) electrons. The molecule has 5 rings (SSSR count). The molecule has 1 N–H and O–H groups in total. The van der Waals surface area contributed by atoms with Crippen LogP contribution in [0, 0.1) is 0 Å². The highest BCUT2D eigenvalue weighted by Crippen LogP contribution is 2.20. The number of nitrogens with one attached hydrogen (secondary N) is 1. The van der Waals surface area contributed by atoms with E-state index < -0.39 is 0 Å². The summed E-state index contributed by atoms with van der Waals surface area (Å²) in [6, 6.07) is 15.9. The second-order valence-electron chi connectivity index (χ2n) is 8.02. The Hall–Kier alpha value is -3.16. The number of hydrogen-bond donors (Lipinski definition) is 1. The number of ether oxygens (including phenoxy) is 1. The van der Waals surface area contributed by atoms with Crippen molar-refractivity contribution in [2.24, 2.45) is 0 Å². The van der Waals surface area contributed by atoms with Gasteiger partial charge in [-0.15, -0.1) is 11.3 Å². The van der Waals surface area contributed by atoms with Crippen LogP contribution in [0.25, 0.3) is 10.2 Å². The molecule has 6 nitrogen and oxygen atoms in total. The molecule has 162 valence electrons. The topological polar surface area (TPSA) is 77.0 Å².